The van der Waals surface area contributed by atoms with Crippen molar-refractivity contribution in [2.45, 2.75) is 0 Å². The predicted molar refractivity (Wildman–Crippen MR) is 88.1 cm³/mol. The van der Waals surface area contributed by atoms with Crippen molar-refractivity contribution in [2.24, 2.45) is 0 Å². The molecule has 4 heterocycles. The Balaban J connectivity index is 0.000000173. The van der Waals surface area contributed by atoms with Gasteiger partial charge in [-0.3, -0.25) is 0 Å². The first-order valence-corrected chi connectivity index (χ1v) is 7.80. The van der Waals surface area contributed by atoms with Gasteiger partial charge in [-0.05, 0) is 24.3 Å². The van der Waals surface area contributed by atoms with E-state index in [1.54, 1.807) is 0 Å². The van der Waals surface area contributed by atoms with Crippen LogP contribution in [0.5, 0.6) is 0 Å². The van der Waals surface area contributed by atoms with Crippen LogP contribution in [-0.2, 0) is 19.8 Å². The van der Waals surface area contributed by atoms with E-state index in [0.717, 1.165) is 0 Å². The molecule has 0 spiro atoms. The summed E-state index contributed by atoms with van der Waals surface area (Å²) in [6.45, 7) is 0. The summed E-state index contributed by atoms with van der Waals surface area (Å²) in [7, 11) is 0. The van der Waals surface area contributed by atoms with E-state index in [9.17, 15) is 0 Å². The van der Waals surface area contributed by atoms with E-state index in [1.165, 1.54) is 0 Å². The van der Waals surface area contributed by atoms with Crippen LogP contribution in [0.4, 0.5) is 0 Å². The van der Waals surface area contributed by atoms with Gasteiger partial charge in [0.05, 0.1) is 18.7 Å². The fourth-order valence-corrected chi connectivity index (χ4v) is 2.17. The van der Waals surface area contributed by atoms with Crippen molar-refractivity contribution in [2.75, 3.05) is 0 Å². The number of nitrogens with zero attached hydrogens (tertiary/aromatic N) is 4. The Morgan fingerprint density at radius 1 is 0.240 bits per heavy atom. The van der Waals surface area contributed by atoms with Crippen LogP contribution in [0.15, 0.2) is 122 Å². The molecule has 0 radical (unpaired) electrons. The zero-order chi connectivity index (χ0) is 16.5. The van der Waals surface area contributed by atoms with Gasteiger partial charge in [-0.15, -0.1) is 0 Å². The molecule has 0 unspecified atom stereocenters. The molecule has 25 heavy (non-hydrogen) atoms. The second kappa shape index (κ2) is 10.2. The Labute approximate surface area is 160 Å². The van der Waals surface area contributed by atoms with Crippen LogP contribution < -0.4 is 18.7 Å². The molecule has 0 amide bonds. The molecular formula is C20H20N4Os+4. The summed E-state index contributed by atoms with van der Waals surface area (Å²) in [5.74, 6) is 0. The average molecular weight is 507 g/mol. The Kier molecular flexibility index (Phi) is 7.56. The van der Waals surface area contributed by atoms with Crippen LogP contribution in [0.25, 0.3) is 0 Å². The molecule has 4 nitrogen and oxygen atoms in total. The summed E-state index contributed by atoms with van der Waals surface area (Å²) < 4.78 is 8.00. The van der Waals surface area contributed by atoms with Crippen LogP contribution in [0, 0.1) is 0 Å². The molecule has 0 aliphatic carbocycles. The Morgan fingerprint density at radius 2 is 0.400 bits per heavy atom. The molecular weight excluding hydrogens is 486 g/mol. The first-order chi connectivity index (χ1) is 11.9. The second-order valence-electron chi connectivity index (χ2n) is 5.02. The van der Waals surface area contributed by atoms with E-state index in [0.29, 0.717) is 0 Å². The van der Waals surface area contributed by atoms with Crippen molar-refractivity contribution < 1.29 is 38.5 Å². The maximum Gasteiger partial charge on any atom is 0.242 e. The van der Waals surface area contributed by atoms with E-state index < -0.39 is 0 Å². The van der Waals surface area contributed by atoms with Crippen LogP contribution in [0.1, 0.15) is 0 Å². The number of aromatic nitrogens is 4. The molecule has 5 heteroatoms. The molecule has 0 fully saturated rings. The monoisotopic (exact) mass is 508 g/mol. The minimum Gasteiger partial charge on any atom is -0.0499 e. The second-order valence-corrected chi connectivity index (χ2v) is 5.02. The maximum absolute atomic E-state index is 2.00. The van der Waals surface area contributed by atoms with E-state index in [2.05, 4.69) is 0 Å². The molecule has 4 aromatic heterocycles. The standard InChI is InChI=1S/2C10H10N2.Os/c2*1-3-7-11(8-4-1)12-9-5-2-6-10-12;/h2*1-10H;/q2*+2;. The Bertz CT molecular complexity index is 692. The minimum absolute atomic E-state index is 0. The molecule has 4 aromatic rings. The SMILES string of the molecule is [Os].c1cc[n+](-[n+]2ccccc2)cc1.c1cc[n+](-[n+]2ccccc2)cc1. The normalized spacial score (nSPS) is 9.28. The minimum atomic E-state index is 0. The van der Waals surface area contributed by atoms with Crippen molar-refractivity contribution in [3.63, 3.8) is 0 Å². The van der Waals surface area contributed by atoms with E-state index in [4.69, 9.17) is 0 Å². The largest absolute Gasteiger partial charge is 0.242 e. The molecule has 124 valence electrons. The summed E-state index contributed by atoms with van der Waals surface area (Å²) in [5.41, 5.74) is 0. The van der Waals surface area contributed by atoms with Crippen LogP contribution in [-0.4, -0.2) is 0 Å². The van der Waals surface area contributed by atoms with Crippen LogP contribution in [0.3, 0.4) is 0 Å². The average Bonchev–Trinajstić information content (AvgIpc) is 2.71. The first-order valence-electron chi connectivity index (χ1n) is 7.80. The summed E-state index contributed by atoms with van der Waals surface area (Å²) in [5, 5.41) is 0. The molecule has 0 atom stereocenters. The summed E-state index contributed by atoms with van der Waals surface area (Å²) >= 11 is 0. The van der Waals surface area contributed by atoms with E-state index in [1.807, 2.05) is 141 Å². The third-order valence-corrected chi connectivity index (χ3v) is 3.33. The van der Waals surface area contributed by atoms with E-state index >= 15 is 0 Å². The van der Waals surface area contributed by atoms with Crippen LogP contribution >= 0.6 is 0 Å². The van der Waals surface area contributed by atoms with Gasteiger partial charge in [-0.2, -0.15) is 0 Å². The van der Waals surface area contributed by atoms with Gasteiger partial charge in [0.2, 0.25) is 49.6 Å². The zero-order valence-electron chi connectivity index (χ0n) is 13.7. The van der Waals surface area contributed by atoms with Gasteiger partial charge in [0, 0.05) is 68.3 Å². The van der Waals surface area contributed by atoms with Gasteiger partial charge in [0.1, 0.15) is 0 Å². The summed E-state index contributed by atoms with van der Waals surface area (Å²) in [6.07, 6.45) is 16.0. The van der Waals surface area contributed by atoms with E-state index in [-0.39, 0.29) is 19.8 Å². The molecule has 4 rings (SSSR count). The number of hydrogen-bond acceptors (Lipinski definition) is 0. The van der Waals surface area contributed by atoms with Gasteiger partial charge in [-0.25, -0.2) is 0 Å². The predicted octanol–water partition coefficient (Wildman–Crippen LogP) is 1.14. The van der Waals surface area contributed by atoms with Crippen molar-refractivity contribution in [1.29, 1.82) is 0 Å². The van der Waals surface area contributed by atoms with Crippen molar-refractivity contribution in [1.82, 2.24) is 0 Å². The summed E-state index contributed by atoms with van der Waals surface area (Å²) in [6, 6.07) is 24.0. The van der Waals surface area contributed by atoms with Crippen molar-refractivity contribution in [3.05, 3.63) is 122 Å². The van der Waals surface area contributed by atoms with Crippen LogP contribution in [0.2, 0.25) is 0 Å². The van der Waals surface area contributed by atoms with Gasteiger partial charge in [0.15, 0.2) is 0 Å². The molecule has 0 saturated heterocycles. The molecule has 0 aromatic carbocycles. The van der Waals surface area contributed by atoms with Crippen molar-refractivity contribution in [3.8, 4) is 0 Å². The van der Waals surface area contributed by atoms with Gasteiger partial charge < -0.3 is 0 Å². The van der Waals surface area contributed by atoms with Crippen molar-refractivity contribution >= 4 is 0 Å². The van der Waals surface area contributed by atoms with Gasteiger partial charge in [-0.1, -0.05) is 0 Å². The quantitative estimate of drug-likeness (QED) is 0.363. The smallest absolute Gasteiger partial charge is 0.0499 e. The third-order valence-electron chi connectivity index (χ3n) is 3.33. The number of pyridine rings is 4. The fourth-order valence-electron chi connectivity index (χ4n) is 2.17. The maximum atomic E-state index is 2.00. The third kappa shape index (κ3) is 5.67. The Hall–Kier alpha value is -2.76. The molecule has 0 aliphatic heterocycles. The van der Waals surface area contributed by atoms with Gasteiger partial charge in [0.25, 0.3) is 0 Å². The molecule has 0 aliphatic rings. The first kappa shape index (κ1) is 18.6. The number of rotatable bonds is 2. The molecule has 0 N–H and O–H groups in total. The molecule has 0 bridgehead atoms. The molecule has 0 saturated carbocycles. The zero-order valence-corrected chi connectivity index (χ0v) is 16.2. The van der Waals surface area contributed by atoms with Gasteiger partial charge >= 0.3 is 0 Å². The number of hydrogen-bond donors (Lipinski definition) is 0. The topological polar surface area (TPSA) is 15.5 Å². The fraction of sp³-hybridized carbons (Fsp3) is 0. The summed E-state index contributed by atoms with van der Waals surface area (Å²) in [4.78, 5) is 0. The Morgan fingerprint density at radius 3 is 0.560 bits per heavy atom.